The lowest BCUT2D eigenvalue weighted by molar-refractivity contribution is 0.271. The Morgan fingerprint density at radius 3 is 1.96 bits per heavy atom. The van der Waals surface area contributed by atoms with Crippen molar-refractivity contribution in [1.82, 2.24) is 0 Å². The molecular formula is C24H40ClNOSi. The van der Waals surface area contributed by atoms with E-state index in [1.165, 1.54) is 16.7 Å². The summed E-state index contributed by atoms with van der Waals surface area (Å²) in [6, 6.07) is 2.35. The van der Waals surface area contributed by atoms with Gasteiger partial charge < -0.3 is 4.43 Å². The zero-order valence-corrected chi connectivity index (χ0v) is 21.0. The average Bonchev–Trinajstić information content (AvgIpc) is 2.59. The van der Waals surface area contributed by atoms with Crippen LogP contribution < -0.4 is 0 Å². The Morgan fingerprint density at radius 2 is 1.50 bits per heavy atom. The molecule has 0 fully saturated rings. The molecule has 28 heavy (non-hydrogen) atoms. The fraction of sp³-hybridized carbons (Fsp3) is 0.625. The number of halogens is 1. The van der Waals surface area contributed by atoms with Crippen molar-refractivity contribution in [2.45, 2.75) is 86.0 Å². The van der Waals surface area contributed by atoms with Crippen LogP contribution in [0.25, 0.3) is 0 Å². The number of rotatable bonds is 12. The molecule has 0 saturated carbocycles. The van der Waals surface area contributed by atoms with Crippen LogP contribution in [-0.4, -0.2) is 20.3 Å². The first-order valence-corrected chi connectivity index (χ1v) is 14.3. The van der Waals surface area contributed by atoms with E-state index in [0.29, 0.717) is 5.88 Å². The third kappa shape index (κ3) is 13.2. The largest absolute Gasteiger partial charge is 0.399 e. The van der Waals surface area contributed by atoms with E-state index < -0.39 is 14.4 Å². The Balaban J connectivity index is 4.86. The van der Waals surface area contributed by atoms with E-state index in [-0.39, 0.29) is 5.92 Å². The van der Waals surface area contributed by atoms with Gasteiger partial charge in [0.1, 0.15) is 0 Å². The highest BCUT2D eigenvalue weighted by atomic mass is 35.5. The molecule has 158 valence electrons. The van der Waals surface area contributed by atoms with Gasteiger partial charge >= 0.3 is 0 Å². The standard InChI is InChI=1S/C24H40ClNOSi/c1-19(2)23(24(18-26)27-28(6,7)8)16-15-21(4)13-9-11-20(3)12-10-14-22(5)17-25/h11,14-16,19,24H,9-10,12-13,17H2,1-8H3/b20-11+,21-15+,22-14+,23-16+. The first kappa shape index (κ1) is 26.9. The van der Waals surface area contributed by atoms with E-state index in [1.54, 1.807) is 0 Å². The van der Waals surface area contributed by atoms with Gasteiger partial charge in [-0.1, -0.05) is 54.9 Å². The van der Waals surface area contributed by atoms with Crippen molar-refractivity contribution in [3.05, 3.63) is 46.6 Å². The maximum Gasteiger partial charge on any atom is 0.185 e. The SMILES string of the molecule is C/C(=C\CC/C(C)=C/CC/C(C)=C/C=C(\C(C)C)C(C#N)O[Si](C)(C)C)CCl. The summed E-state index contributed by atoms with van der Waals surface area (Å²) in [6.45, 7) is 17.0. The molecule has 0 aliphatic carbocycles. The molecule has 0 amide bonds. The van der Waals surface area contributed by atoms with Crippen LogP contribution in [0, 0.1) is 17.2 Å². The molecule has 0 aromatic heterocycles. The van der Waals surface area contributed by atoms with Crippen molar-refractivity contribution in [2.75, 3.05) is 5.88 Å². The number of alkyl halides is 1. The Kier molecular flexibility index (Phi) is 13.4. The quantitative estimate of drug-likeness (QED) is 0.138. The smallest absolute Gasteiger partial charge is 0.185 e. The number of nitriles is 1. The topological polar surface area (TPSA) is 33.0 Å². The molecule has 2 nitrogen and oxygen atoms in total. The first-order chi connectivity index (χ1) is 13.0. The van der Waals surface area contributed by atoms with Crippen LogP contribution in [0.2, 0.25) is 19.6 Å². The predicted octanol–water partition coefficient (Wildman–Crippen LogP) is 7.95. The van der Waals surface area contributed by atoms with Crippen LogP contribution >= 0.6 is 11.6 Å². The average molecular weight is 422 g/mol. The Hall–Kier alpha value is -1.08. The van der Waals surface area contributed by atoms with Crippen LogP contribution in [0.15, 0.2) is 46.6 Å². The predicted molar refractivity (Wildman–Crippen MR) is 127 cm³/mol. The second-order valence-corrected chi connectivity index (χ2v) is 13.6. The molecule has 0 radical (unpaired) electrons. The van der Waals surface area contributed by atoms with E-state index in [0.717, 1.165) is 31.3 Å². The number of hydrogen-bond acceptors (Lipinski definition) is 2. The molecule has 0 saturated heterocycles. The molecule has 1 unspecified atom stereocenters. The van der Waals surface area contributed by atoms with Gasteiger partial charge in [0.2, 0.25) is 0 Å². The normalized spacial score (nSPS) is 15.8. The van der Waals surface area contributed by atoms with Crippen molar-refractivity contribution in [3.8, 4) is 6.07 Å². The summed E-state index contributed by atoms with van der Waals surface area (Å²) < 4.78 is 6.08. The molecule has 1 atom stereocenters. The lowest BCUT2D eigenvalue weighted by atomic mass is 9.97. The zero-order chi connectivity index (χ0) is 21.7. The molecular weight excluding hydrogens is 382 g/mol. The third-order valence-corrected chi connectivity index (χ3v) is 5.76. The molecule has 0 aliphatic heterocycles. The molecule has 0 aromatic rings. The lowest BCUT2D eigenvalue weighted by Crippen LogP contribution is -2.33. The fourth-order valence-corrected chi connectivity index (χ4v) is 3.68. The van der Waals surface area contributed by atoms with Gasteiger partial charge in [-0.2, -0.15) is 5.26 Å². The van der Waals surface area contributed by atoms with E-state index in [1.807, 2.05) is 0 Å². The van der Waals surface area contributed by atoms with E-state index in [9.17, 15) is 5.26 Å². The zero-order valence-electron chi connectivity index (χ0n) is 19.2. The van der Waals surface area contributed by atoms with Gasteiger partial charge in [-0.15, -0.1) is 11.6 Å². The maximum absolute atomic E-state index is 9.56. The second-order valence-electron chi connectivity index (χ2n) is 8.89. The van der Waals surface area contributed by atoms with Crippen LogP contribution in [0.3, 0.4) is 0 Å². The van der Waals surface area contributed by atoms with Gasteiger partial charge in [-0.25, -0.2) is 0 Å². The third-order valence-electron chi connectivity index (χ3n) is 4.39. The van der Waals surface area contributed by atoms with Crippen molar-refractivity contribution >= 4 is 19.9 Å². The summed E-state index contributed by atoms with van der Waals surface area (Å²) in [5.41, 5.74) is 5.06. The molecule has 0 rings (SSSR count). The Morgan fingerprint density at radius 1 is 0.964 bits per heavy atom. The van der Waals surface area contributed by atoms with Crippen molar-refractivity contribution in [1.29, 1.82) is 5.26 Å². The summed E-state index contributed by atoms with van der Waals surface area (Å²) in [5.74, 6) is 0.908. The molecule has 0 aliphatic rings. The van der Waals surface area contributed by atoms with Gasteiger partial charge in [0.25, 0.3) is 0 Å². The summed E-state index contributed by atoms with van der Waals surface area (Å²) in [4.78, 5) is 0. The van der Waals surface area contributed by atoms with Gasteiger partial charge in [0.15, 0.2) is 14.4 Å². The van der Waals surface area contributed by atoms with Crippen LogP contribution in [-0.2, 0) is 4.43 Å². The van der Waals surface area contributed by atoms with Crippen LogP contribution in [0.4, 0.5) is 0 Å². The van der Waals surface area contributed by atoms with Crippen molar-refractivity contribution in [2.24, 2.45) is 5.92 Å². The van der Waals surface area contributed by atoms with E-state index in [4.69, 9.17) is 16.0 Å². The summed E-state index contributed by atoms with van der Waals surface area (Å²) >= 11 is 5.80. The van der Waals surface area contributed by atoms with Crippen molar-refractivity contribution < 1.29 is 4.43 Å². The van der Waals surface area contributed by atoms with Crippen molar-refractivity contribution in [3.63, 3.8) is 0 Å². The number of nitrogens with zero attached hydrogens (tertiary/aromatic N) is 1. The number of allylic oxidation sites excluding steroid dienone is 7. The van der Waals surface area contributed by atoms with Gasteiger partial charge in [0.05, 0.1) is 6.07 Å². The molecule has 4 heteroatoms. The van der Waals surface area contributed by atoms with E-state index in [2.05, 4.69) is 84.6 Å². The molecule has 0 spiro atoms. The highest BCUT2D eigenvalue weighted by Gasteiger charge is 2.24. The molecule has 0 bridgehead atoms. The second kappa shape index (κ2) is 14.0. The lowest BCUT2D eigenvalue weighted by Gasteiger charge is -2.25. The highest BCUT2D eigenvalue weighted by Crippen LogP contribution is 2.21. The van der Waals surface area contributed by atoms with E-state index >= 15 is 0 Å². The van der Waals surface area contributed by atoms with Gasteiger partial charge in [0, 0.05) is 5.88 Å². The number of hydrogen-bond donors (Lipinski definition) is 0. The highest BCUT2D eigenvalue weighted by molar-refractivity contribution is 6.69. The van der Waals surface area contributed by atoms with Gasteiger partial charge in [-0.3, -0.25) is 0 Å². The van der Waals surface area contributed by atoms with Gasteiger partial charge in [-0.05, 0) is 77.6 Å². The Bertz CT molecular complexity index is 630. The maximum atomic E-state index is 9.56. The summed E-state index contributed by atoms with van der Waals surface area (Å²) in [6.07, 6.45) is 12.6. The minimum atomic E-state index is -1.76. The molecule has 0 N–H and O–H groups in total. The van der Waals surface area contributed by atoms with Crippen LogP contribution in [0.5, 0.6) is 0 Å². The minimum Gasteiger partial charge on any atom is -0.399 e. The Labute approximate surface area is 180 Å². The summed E-state index contributed by atoms with van der Waals surface area (Å²) in [7, 11) is -1.76. The molecule has 0 aromatic carbocycles. The first-order valence-electron chi connectivity index (χ1n) is 10.3. The summed E-state index contributed by atoms with van der Waals surface area (Å²) in [5, 5.41) is 9.56. The van der Waals surface area contributed by atoms with Crippen LogP contribution in [0.1, 0.15) is 60.3 Å². The molecule has 0 heterocycles. The minimum absolute atomic E-state index is 0.289. The monoisotopic (exact) mass is 421 g/mol. The fourth-order valence-electron chi connectivity index (χ4n) is 2.68.